The molecular formula is C12H18N2O2. The van der Waals surface area contributed by atoms with Crippen LogP contribution in [0.15, 0.2) is 18.2 Å². The van der Waals surface area contributed by atoms with Gasteiger partial charge in [0.15, 0.2) is 0 Å². The van der Waals surface area contributed by atoms with Crippen LogP contribution >= 0.6 is 0 Å². The number of hydrogen-bond acceptors (Lipinski definition) is 3. The Labute approximate surface area is 95.5 Å². The lowest BCUT2D eigenvalue weighted by atomic mass is 10.1. The zero-order valence-corrected chi connectivity index (χ0v) is 9.66. The Morgan fingerprint density at radius 1 is 1.44 bits per heavy atom. The standard InChI is InChI=1S/C12H18N2O2/c1-8-3-4-10(5-9(8)2)6-14-7-11(13)12(15)16/h3-5,11,14H,6-7,13H2,1-2H3,(H,15,16). The SMILES string of the molecule is Cc1ccc(CNCC(N)C(=O)O)cc1C. The molecule has 4 heteroatoms. The van der Waals surface area contributed by atoms with E-state index in [4.69, 9.17) is 10.8 Å². The minimum Gasteiger partial charge on any atom is -0.480 e. The van der Waals surface area contributed by atoms with Gasteiger partial charge in [0.1, 0.15) is 6.04 Å². The highest BCUT2D eigenvalue weighted by Crippen LogP contribution is 2.09. The van der Waals surface area contributed by atoms with Gasteiger partial charge in [0.2, 0.25) is 0 Å². The minimum atomic E-state index is -0.979. The number of carbonyl (C=O) groups is 1. The van der Waals surface area contributed by atoms with E-state index in [1.807, 2.05) is 6.07 Å². The molecule has 1 unspecified atom stereocenters. The van der Waals surface area contributed by atoms with E-state index in [2.05, 4.69) is 31.3 Å². The van der Waals surface area contributed by atoms with Crippen molar-refractivity contribution in [3.8, 4) is 0 Å². The van der Waals surface area contributed by atoms with Crippen molar-refractivity contribution >= 4 is 5.97 Å². The fourth-order valence-electron chi connectivity index (χ4n) is 1.37. The first-order valence-electron chi connectivity index (χ1n) is 5.26. The van der Waals surface area contributed by atoms with E-state index >= 15 is 0 Å². The molecule has 0 amide bonds. The molecule has 4 nitrogen and oxygen atoms in total. The Kier molecular flexibility index (Phi) is 4.46. The second-order valence-corrected chi connectivity index (χ2v) is 3.99. The molecule has 4 N–H and O–H groups in total. The van der Waals surface area contributed by atoms with Gasteiger partial charge in [0.05, 0.1) is 0 Å². The molecule has 0 saturated heterocycles. The fraction of sp³-hybridized carbons (Fsp3) is 0.417. The van der Waals surface area contributed by atoms with Gasteiger partial charge in [-0.05, 0) is 30.5 Å². The number of nitrogens with two attached hydrogens (primary N) is 1. The number of benzene rings is 1. The average Bonchev–Trinajstić information content (AvgIpc) is 2.23. The molecule has 0 bridgehead atoms. The molecule has 16 heavy (non-hydrogen) atoms. The lowest BCUT2D eigenvalue weighted by molar-refractivity contribution is -0.138. The summed E-state index contributed by atoms with van der Waals surface area (Å²) in [6.07, 6.45) is 0. The Bertz CT molecular complexity index is 377. The van der Waals surface area contributed by atoms with Crippen LogP contribution < -0.4 is 11.1 Å². The Balaban J connectivity index is 2.43. The van der Waals surface area contributed by atoms with E-state index in [9.17, 15) is 4.79 Å². The molecule has 1 aromatic carbocycles. The quantitative estimate of drug-likeness (QED) is 0.689. The molecule has 0 aliphatic rings. The van der Waals surface area contributed by atoms with E-state index in [0.717, 1.165) is 5.56 Å². The number of aliphatic carboxylic acids is 1. The predicted octanol–water partition coefficient (Wildman–Crippen LogP) is 0.805. The maximum absolute atomic E-state index is 10.5. The molecule has 1 rings (SSSR count). The van der Waals surface area contributed by atoms with E-state index in [1.165, 1.54) is 11.1 Å². The Morgan fingerprint density at radius 2 is 2.12 bits per heavy atom. The summed E-state index contributed by atoms with van der Waals surface area (Å²) in [5.74, 6) is -0.979. The van der Waals surface area contributed by atoms with Crippen LogP contribution in [0.5, 0.6) is 0 Å². The number of aryl methyl sites for hydroxylation is 2. The van der Waals surface area contributed by atoms with Crippen molar-refractivity contribution in [2.75, 3.05) is 6.54 Å². The van der Waals surface area contributed by atoms with Gasteiger partial charge in [-0.3, -0.25) is 4.79 Å². The smallest absolute Gasteiger partial charge is 0.321 e. The molecule has 0 aromatic heterocycles. The first-order valence-corrected chi connectivity index (χ1v) is 5.26. The van der Waals surface area contributed by atoms with Gasteiger partial charge < -0.3 is 16.2 Å². The molecule has 0 radical (unpaired) electrons. The second kappa shape index (κ2) is 5.63. The van der Waals surface area contributed by atoms with Crippen molar-refractivity contribution < 1.29 is 9.90 Å². The highest BCUT2D eigenvalue weighted by atomic mass is 16.4. The van der Waals surface area contributed by atoms with Gasteiger partial charge in [-0.25, -0.2) is 0 Å². The van der Waals surface area contributed by atoms with Gasteiger partial charge in [-0.15, -0.1) is 0 Å². The van der Waals surface area contributed by atoms with Gasteiger partial charge in [0, 0.05) is 13.1 Å². The summed E-state index contributed by atoms with van der Waals surface area (Å²) in [7, 11) is 0. The van der Waals surface area contributed by atoms with Gasteiger partial charge >= 0.3 is 5.97 Å². The molecular weight excluding hydrogens is 204 g/mol. The van der Waals surface area contributed by atoms with Gasteiger partial charge in [-0.1, -0.05) is 18.2 Å². The molecule has 0 spiro atoms. The van der Waals surface area contributed by atoms with Crippen LogP contribution in [0, 0.1) is 13.8 Å². The normalized spacial score (nSPS) is 12.4. The molecule has 1 atom stereocenters. The van der Waals surface area contributed by atoms with Gasteiger partial charge in [0.25, 0.3) is 0 Å². The fourth-order valence-corrected chi connectivity index (χ4v) is 1.37. The highest BCUT2D eigenvalue weighted by Gasteiger charge is 2.09. The van der Waals surface area contributed by atoms with E-state index in [-0.39, 0.29) is 6.54 Å². The largest absolute Gasteiger partial charge is 0.480 e. The maximum atomic E-state index is 10.5. The predicted molar refractivity (Wildman–Crippen MR) is 63.2 cm³/mol. The van der Waals surface area contributed by atoms with Crippen LogP contribution in [0.2, 0.25) is 0 Å². The summed E-state index contributed by atoms with van der Waals surface area (Å²) in [6, 6.07) is 5.34. The number of carboxylic acids is 1. The molecule has 0 fully saturated rings. The van der Waals surface area contributed by atoms with Crippen molar-refractivity contribution in [2.24, 2.45) is 5.73 Å². The molecule has 0 aliphatic heterocycles. The van der Waals surface area contributed by atoms with Crippen LogP contribution in [0.4, 0.5) is 0 Å². The summed E-state index contributed by atoms with van der Waals surface area (Å²) < 4.78 is 0. The summed E-state index contributed by atoms with van der Waals surface area (Å²) in [5, 5.41) is 11.6. The van der Waals surface area contributed by atoms with E-state index in [1.54, 1.807) is 0 Å². The second-order valence-electron chi connectivity index (χ2n) is 3.99. The number of carboxylic acid groups (broad SMARTS) is 1. The molecule has 0 aliphatic carbocycles. The zero-order chi connectivity index (χ0) is 12.1. The molecule has 0 saturated carbocycles. The molecule has 1 aromatic rings. The number of rotatable bonds is 5. The first-order chi connectivity index (χ1) is 7.50. The third-order valence-corrected chi connectivity index (χ3v) is 2.58. The highest BCUT2D eigenvalue weighted by molar-refractivity contribution is 5.73. The van der Waals surface area contributed by atoms with Crippen molar-refractivity contribution in [1.29, 1.82) is 0 Å². The summed E-state index contributed by atoms with van der Waals surface area (Å²) >= 11 is 0. The van der Waals surface area contributed by atoms with E-state index < -0.39 is 12.0 Å². The molecule has 0 heterocycles. The van der Waals surface area contributed by atoms with Crippen molar-refractivity contribution in [3.05, 3.63) is 34.9 Å². The number of hydrogen-bond donors (Lipinski definition) is 3. The van der Waals surface area contributed by atoms with Crippen molar-refractivity contribution in [1.82, 2.24) is 5.32 Å². The lowest BCUT2D eigenvalue weighted by Crippen LogP contribution is -2.40. The van der Waals surface area contributed by atoms with Crippen molar-refractivity contribution in [3.63, 3.8) is 0 Å². The summed E-state index contributed by atoms with van der Waals surface area (Å²) in [6.45, 7) is 5.04. The van der Waals surface area contributed by atoms with Crippen LogP contribution in [-0.4, -0.2) is 23.7 Å². The van der Waals surface area contributed by atoms with Gasteiger partial charge in [-0.2, -0.15) is 0 Å². The van der Waals surface area contributed by atoms with Crippen LogP contribution in [0.3, 0.4) is 0 Å². The third kappa shape index (κ3) is 3.64. The van der Waals surface area contributed by atoms with Crippen LogP contribution in [0.1, 0.15) is 16.7 Å². The third-order valence-electron chi connectivity index (χ3n) is 2.58. The Morgan fingerprint density at radius 3 is 2.69 bits per heavy atom. The lowest BCUT2D eigenvalue weighted by Gasteiger charge is -2.09. The minimum absolute atomic E-state index is 0.280. The first kappa shape index (κ1) is 12.7. The van der Waals surface area contributed by atoms with Crippen LogP contribution in [0.25, 0.3) is 0 Å². The number of nitrogens with one attached hydrogen (secondary N) is 1. The van der Waals surface area contributed by atoms with E-state index in [0.29, 0.717) is 6.54 Å². The summed E-state index contributed by atoms with van der Waals surface area (Å²) in [5.41, 5.74) is 9.01. The molecule has 88 valence electrons. The topological polar surface area (TPSA) is 75.3 Å². The monoisotopic (exact) mass is 222 g/mol. The summed E-state index contributed by atoms with van der Waals surface area (Å²) in [4.78, 5) is 10.5. The Hall–Kier alpha value is -1.39. The van der Waals surface area contributed by atoms with Crippen molar-refractivity contribution in [2.45, 2.75) is 26.4 Å². The van der Waals surface area contributed by atoms with Crippen LogP contribution in [-0.2, 0) is 11.3 Å². The maximum Gasteiger partial charge on any atom is 0.321 e. The average molecular weight is 222 g/mol. The zero-order valence-electron chi connectivity index (χ0n) is 9.66.